The first-order valence-corrected chi connectivity index (χ1v) is 8.01. The Labute approximate surface area is 130 Å². The highest BCUT2D eigenvalue weighted by molar-refractivity contribution is 7.85. The molecule has 2 unspecified atom stereocenters. The van der Waals surface area contributed by atoms with Crippen LogP contribution >= 0.6 is 11.6 Å². The predicted octanol–water partition coefficient (Wildman–Crippen LogP) is 2.78. The second-order valence-electron chi connectivity index (χ2n) is 4.55. The van der Waals surface area contributed by atoms with Crippen molar-refractivity contribution >= 4 is 22.4 Å². The summed E-state index contributed by atoms with van der Waals surface area (Å²) in [6.07, 6.45) is -0.874. The lowest BCUT2D eigenvalue weighted by molar-refractivity contribution is 0.203. The second-order valence-corrected chi connectivity index (χ2v) is 6.45. The Morgan fingerprint density at radius 1 is 1.24 bits per heavy atom. The van der Waals surface area contributed by atoms with Crippen molar-refractivity contribution in [1.29, 1.82) is 0 Å². The average Bonchev–Trinajstić information content (AvgIpc) is 2.50. The van der Waals surface area contributed by atoms with Crippen LogP contribution in [0.25, 0.3) is 0 Å². The van der Waals surface area contributed by atoms with E-state index in [0.29, 0.717) is 17.0 Å². The number of halogens is 2. The van der Waals surface area contributed by atoms with Crippen LogP contribution < -0.4 is 5.73 Å². The Morgan fingerprint density at radius 2 is 1.90 bits per heavy atom. The molecule has 0 aliphatic rings. The third kappa shape index (κ3) is 4.11. The summed E-state index contributed by atoms with van der Waals surface area (Å²) in [5.74, 6) is -0.542. The summed E-state index contributed by atoms with van der Waals surface area (Å²) in [6, 6.07) is 11.0. The Hall–Kier alpha value is -1.27. The van der Waals surface area contributed by atoms with Gasteiger partial charge in [-0.3, -0.25) is 4.21 Å². The molecule has 0 fully saturated rings. The fourth-order valence-corrected chi connectivity index (χ4v) is 3.22. The van der Waals surface area contributed by atoms with Crippen molar-refractivity contribution in [2.24, 2.45) is 5.73 Å². The maximum Gasteiger partial charge on any atom is 0.141 e. The summed E-state index contributed by atoms with van der Waals surface area (Å²) < 4.78 is 25.2. The van der Waals surface area contributed by atoms with Gasteiger partial charge in [-0.2, -0.15) is 0 Å². The molecule has 0 saturated carbocycles. The van der Waals surface area contributed by atoms with Crippen LogP contribution in [0.4, 0.5) is 4.39 Å². The van der Waals surface area contributed by atoms with Gasteiger partial charge in [-0.05, 0) is 29.3 Å². The van der Waals surface area contributed by atoms with Crippen LogP contribution in [0.1, 0.15) is 17.2 Å². The normalized spacial score (nSPS) is 13.9. The minimum Gasteiger partial charge on any atom is -0.387 e. The van der Waals surface area contributed by atoms with Crippen LogP contribution in [0, 0.1) is 5.82 Å². The molecule has 2 aromatic carbocycles. The summed E-state index contributed by atoms with van der Waals surface area (Å²) in [7, 11) is -1.47. The van der Waals surface area contributed by atoms with Gasteiger partial charge in [0.25, 0.3) is 0 Å². The van der Waals surface area contributed by atoms with Gasteiger partial charge >= 0.3 is 0 Å². The molecule has 3 N–H and O–H groups in total. The summed E-state index contributed by atoms with van der Waals surface area (Å²) in [4.78, 5) is 0.388. The largest absolute Gasteiger partial charge is 0.387 e. The van der Waals surface area contributed by atoms with Gasteiger partial charge in [0.2, 0.25) is 0 Å². The summed E-state index contributed by atoms with van der Waals surface area (Å²) in [6.45, 7) is 0.427. The van der Waals surface area contributed by atoms with Gasteiger partial charge in [0.05, 0.1) is 27.7 Å². The fraction of sp³-hybridized carbons (Fsp3) is 0.200. The molecule has 0 heterocycles. The molecule has 0 spiro atoms. The zero-order valence-corrected chi connectivity index (χ0v) is 12.7. The van der Waals surface area contributed by atoms with Gasteiger partial charge in [0, 0.05) is 11.4 Å². The average molecular weight is 328 g/mol. The lowest BCUT2D eigenvalue weighted by Gasteiger charge is -2.11. The van der Waals surface area contributed by atoms with E-state index in [-0.39, 0.29) is 10.8 Å². The minimum absolute atomic E-state index is 0.0178. The number of hydrogen-bond acceptors (Lipinski definition) is 3. The maximum absolute atomic E-state index is 13.1. The molecule has 0 aliphatic carbocycles. The Bertz CT molecular complexity index is 649. The van der Waals surface area contributed by atoms with E-state index < -0.39 is 22.7 Å². The van der Waals surface area contributed by atoms with Gasteiger partial charge in [-0.1, -0.05) is 35.9 Å². The van der Waals surface area contributed by atoms with Gasteiger partial charge < -0.3 is 10.8 Å². The van der Waals surface area contributed by atoms with Crippen molar-refractivity contribution in [3.63, 3.8) is 0 Å². The molecule has 2 aromatic rings. The standard InChI is InChI=1S/C15H15ClFNO2S/c16-13-7-12(5-6-14(13)17)21(20)9-15(19)11-3-1-10(8-18)2-4-11/h1-7,15,19H,8-9,18H2. The van der Waals surface area contributed by atoms with Crippen LogP contribution in [-0.2, 0) is 17.3 Å². The van der Waals surface area contributed by atoms with Crippen LogP contribution in [-0.4, -0.2) is 15.1 Å². The van der Waals surface area contributed by atoms with Crippen LogP contribution in [0.3, 0.4) is 0 Å². The molecule has 0 amide bonds. The lowest BCUT2D eigenvalue weighted by Crippen LogP contribution is -2.09. The highest BCUT2D eigenvalue weighted by Crippen LogP contribution is 2.21. The first-order valence-electron chi connectivity index (χ1n) is 6.31. The molecule has 112 valence electrons. The zero-order valence-electron chi connectivity index (χ0n) is 11.1. The van der Waals surface area contributed by atoms with Crippen LogP contribution in [0.15, 0.2) is 47.4 Å². The monoisotopic (exact) mass is 327 g/mol. The highest BCUT2D eigenvalue weighted by Gasteiger charge is 2.14. The first-order chi connectivity index (χ1) is 10.0. The third-order valence-corrected chi connectivity index (χ3v) is 4.75. The van der Waals surface area contributed by atoms with Crippen molar-refractivity contribution in [3.8, 4) is 0 Å². The number of rotatable bonds is 5. The lowest BCUT2D eigenvalue weighted by atomic mass is 10.1. The third-order valence-electron chi connectivity index (χ3n) is 3.06. The molecule has 3 nitrogen and oxygen atoms in total. The molecule has 0 bridgehead atoms. The first kappa shape index (κ1) is 16.1. The number of aliphatic hydroxyl groups is 1. The summed E-state index contributed by atoms with van der Waals surface area (Å²) in [5.41, 5.74) is 7.12. The number of aliphatic hydroxyl groups excluding tert-OH is 1. The molecule has 2 rings (SSSR count). The summed E-state index contributed by atoms with van der Waals surface area (Å²) >= 11 is 5.66. The van der Waals surface area contributed by atoms with Gasteiger partial charge in [0.15, 0.2) is 0 Å². The molecule has 2 atom stereocenters. The molecular formula is C15H15ClFNO2S. The zero-order chi connectivity index (χ0) is 15.4. The van der Waals surface area contributed by atoms with E-state index in [0.717, 1.165) is 11.6 Å². The van der Waals surface area contributed by atoms with Crippen molar-refractivity contribution in [2.75, 3.05) is 5.75 Å². The molecule has 0 aliphatic heterocycles. The topological polar surface area (TPSA) is 63.3 Å². The fourth-order valence-electron chi connectivity index (χ4n) is 1.83. The maximum atomic E-state index is 13.1. The molecule has 0 radical (unpaired) electrons. The predicted molar refractivity (Wildman–Crippen MR) is 82.0 cm³/mol. The van der Waals surface area contributed by atoms with E-state index >= 15 is 0 Å². The van der Waals surface area contributed by atoms with Crippen molar-refractivity contribution < 1.29 is 13.7 Å². The number of nitrogens with two attached hydrogens (primary N) is 1. The SMILES string of the molecule is NCc1ccc(C(O)CS(=O)c2ccc(F)c(Cl)c2)cc1. The number of hydrogen-bond donors (Lipinski definition) is 2. The van der Waals surface area contributed by atoms with E-state index in [1.54, 1.807) is 12.1 Å². The molecule has 6 heteroatoms. The van der Waals surface area contributed by atoms with Gasteiger partial charge in [0.1, 0.15) is 5.82 Å². The number of benzene rings is 2. The van der Waals surface area contributed by atoms with Gasteiger partial charge in [-0.15, -0.1) is 0 Å². The van der Waals surface area contributed by atoms with E-state index in [1.807, 2.05) is 12.1 Å². The van der Waals surface area contributed by atoms with Crippen molar-refractivity contribution in [1.82, 2.24) is 0 Å². The molecule has 21 heavy (non-hydrogen) atoms. The van der Waals surface area contributed by atoms with Crippen LogP contribution in [0.5, 0.6) is 0 Å². The smallest absolute Gasteiger partial charge is 0.141 e. The van der Waals surface area contributed by atoms with E-state index in [4.69, 9.17) is 17.3 Å². The molecule has 0 aromatic heterocycles. The van der Waals surface area contributed by atoms with E-state index in [2.05, 4.69) is 0 Å². The summed E-state index contributed by atoms with van der Waals surface area (Å²) in [5, 5.41) is 10.0. The van der Waals surface area contributed by atoms with E-state index in [9.17, 15) is 13.7 Å². The Kier molecular flexibility index (Phi) is 5.47. The van der Waals surface area contributed by atoms with Crippen molar-refractivity contribution in [2.45, 2.75) is 17.5 Å². The van der Waals surface area contributed by atoms with Crippen molar-refractivity contribution in [3.05, 3.63) is 64.4 Å². The minimum atomic E-state index is -1.47. The van der Waals surface area contributed by atoms with Crippen LogP contribution in [0.2, 0.25) is 5.02 Å². The highest BCUT2D eigenvalue weighted by atomic mass is 35.5. The molecular weight excluding hydrogens is 313 g/mol. The van der Waals surface area contributed by atoms with E-state index in [1.165, 1.54) is 12.1 Å². The quantitative estimate of drug-likeness (QED) is 0.887. The van der Waals surface area contributed by atoms with Gasteiger partial charge in [-0.25, -0.2) is 4.39 Å². The Balaban J connectivity index is 2.08. The Morgan fingerprint density at radius 3 is 2.48 bits per heavy atom. The molecule has 0 saturated heterocycles. The second kappa shape index (κ2) is 7.13.